The number of aromatic nitrogens is 3. The summed E-state index contributed by atoms with van der Waals surface area (Å²) in [6.45, 7) is 1.03. The molecule has 29 heavy (non-hydrogen) atoms. The van der Waals surface area contributed by atoms with Gasteiger partial charge in [0.2, 0.25) is 5.91 Å². The molecule has 1 aliphatic heterocycles. The Hall–Kier alpha value is -3.30. The lowest BCUT2D eigenvalue weighted by atomic mass is 10.1. The van der Waals surface area contributed by atoms with Gasteiger partial charge < -0.3 is 20.5 Å². The maximum atomic E-state index is 13.7. The molecule has 0 unspecified atom stereocenters. The Morgan fingerprint density at radius 2 is 2.03 bits per heavy atom. The van der Waals surface area contributed by atoms with Crippen LogP contribution in [0.15, 0.2) is 30.7 Å². The number of carbonyl (C=O) groups is 1. The van der Waals surface area contributed by atoms with E-state index in [1.54, 1.807) is 6.20 Å². The molecule has 3 N–H and O–H groups in total. The molecule has 1 fully saturated rings. The summed E-state index contributed by atoms with van der Waals surface area (Å²) < 4.78 is 40.3. The molecule has 1 aromatic carbocycles. The third-order valence-electron chi connectivity index (χ3n) is 4.85. The molecule has 0 spiro atoms. The third kappa shape index (κ3) is 4.10. The van der Waals surface area contributed by atoms with Crippen LogP contribution >= 0.6 is 0 Å². The number of hydrogen-bond acceptors (Lipinski definition) is 5. The van der Waals surface area contributed by atoms with Crippen molar-refractivity contribution in [1.29, 1.82) is 0 Å². The van der Waals surface area contributed by atoms with E-state index in [1.807, 2.05) is 6.07 Å². The number of benzene rings is 1. The van der Waals surface area contributed by atoms with E-state index in [-0.39, 0.29) is 12.6 Å². The quantitative estimate of drug-likeness (QED) is 0.609. The van der Waals surface area contributed by atoms with Gasteiger partial charge in [0.25, 0.3) is 0 Å². The topological polar surface area (TPSA) is 85.9 Å². The normalized spacial score (nSPS) is 16.8. The first-order valence-corrected chi connectivity index (χ1v) is 9.22. The second kappa shape index (κ2) is 7.98. The summed E-state index contributed by atoms with van der Waals surface area (Å²) in [6.07, 6.45) is 4.93. The van der Waals surface area contributed by atoms with Crippen molar-refractivity contribution in [2.75, 3.05) is 29.9 Å². The highest BCUT2D eigenvalue weighted by atomic mass is 19.1. The summed E-state index contributed by atoms with van der Waals surface area (Å²) in [5, 5.41) is 6.17. The number of H-pyrrole nitrogens is 1. The number of amides is 1. The van der Waals surface area contributed by atoms with Gasteiger partial charge in [-0.2, -0.15) is 0 Å². The first-order chi connectivity index (χ1) is 14.0. The first-order valence-electron chi connectivity index (χ1n) is 9.22. The van der Waals surface area contributed by atoms with E-state index in [2.05, 4.69) is 30.5 Å². The molecule has 3 aromatic rings. The molecule has 0 saturated carbocycles. The van der Waals surface area contributed by atoms with Crippen molar-refractivity contribution < 1.29 is 18.0 Å². The molecule has 0 aliphatic carbocycles. The highest BCUT2D eigenvalue weighted by Gasteiger charge is 2.24. The van der Waals surface area contributed by atoms with E-state index in [0.717, 1.165) is 36.2 Å². The van der Waals surface area contributed by atoms with Crippen LogP contribution in [0, 0.1) is 17.5 Å². The minimum Gasteiger partial charge on any atom is -0.371 e. The minimum atomic E-state index is -1.08. The molecule has 7 nitrogen and oxygen atoms in total. The van der Waals surface area contributed by atoms with E-state index in [1.165, 1.54) is 6.33 Å². The molecule has 1 aliphatic rings. The average Bonchev–Trinajstić information content (AvgIpc) is 3.16. The van der Waals surface area contributed by atoms with Crippen LogP contribution in [0.3, 0.4) is 0 Å². The van der Waals surface area contributed by atoms with Crippen molar-refractivity contribution in [1.82, 2.24) is 20.3 Å². The van der Waals surface area contributed by atoms with Gasteiger partial charge in [0.15, 0.2) is 11.6 Å². The highest BCUT2D eigenvalue weighted by molar-refractivity contribution is 5.87. The third-order valence-corrected chi connectivity index (χ3v) is 4.85. The first kappa shape index (κ1) is 19.0. The fourth-order valence-corrected chi connectivity index (χ4v) is 3.56. The molecule has 1 amide bonds. The molecule has 0 radical (unpaired) electrons. The lowest BCUT2D eigenvalue weighted by molar-refractivity contribution is -0.120. The standard InChI is InChI=1S/C19H19F3N6O/c20-11-6-14(21)17(15(22)7-11)24-8-16(29)27-12-2-1-5-28(9-12)19-13-3-4-23-18(13)25-10-26-19/h3-4,6-7,10,12,24H,1-2,5,8-9H2,(H,27,29)(H,23,25,26)/t12-/m1/s1. The number of rotatable bonds is 5. The van der Waals surface area contributed by atoms with Gasteiger partial charge in [0.1, 0.15) is 29.3 Å². The number of anilines is 2. The van der Waals surface area contributed by atoms with Crippen molar-refractivity contribution in [3.8, 4) is 0 Å². The Kier molecular flexibility index (Phi) is 5.24. The van der Waals surface area contributed by atoms with Gasteiger partial charge in [-0.3, -0.25) is 4.79 Å². The van der Waals surface area contributed by atoms with Crippen molar-refractivity contribution in [2.45, 2.75) is 18.9 Å². The van der Waals surface area contributed by atoms with Gasteiger partial charge in [0.05, 0.1) is 11.9 Å². The fraction of sp³-hybridized carbons (Fsp3) is 0.316. The van der Waals surface area contributed by atoms with E-state index in [0.29, 0.717) is 18.7 Å². The number of piperidine rings is 1. The largest absolute Gasteiger partial charge is 0.371 e. The number of halogens is 3. The maximum Gasteiger partial charge on any atom is 0.239 e. The number of fused-ring (bicyclic) bond motifs is 1. The summed E-state index contributed by atoms with van der Waals surface area (Å²) >= 11 is 0. The van der Waals surface area contributed by atoms with Crippen LogP contribution < -0.4 is 15.5 Å². The monoisotopic (exact) mass is 404 g/mol. The second-order valence-electron chi connectivity index (χ2n) is 6.89. The van der Waals surface area contributed by atoms with E-state index in [9.17, 15) is 18.0 Å². The van der Waals surface area contributed by atoms with Crippen molar-refractivity contribution in [3.63, 3.8) is 0 Å². The summed E-state index contributed by atoms with van der Waals surface area (Å²) in [5.74, 6) is -2.80. The summed E-state index contributed by atoms with van der Waals surface area (Å²) in [7, 11) is 0. The van der Waals surface area contributed by atoms with E-state index < -0.39 is 29.0 Å². The Balaban J connectivity index is 1.37. The van der Waals surface area contributed by atoms with Crippen LogP contribution in [-0.2, 0) is 4.79 Å². The van der Waals surface area contributed by atoms with Crippen LogP contribution in [0.1, 0.15) is 12.8 Å². The molecule has 3 heterocycles. The van der Waals surface area contributed by atoms with Crippen LogP contribution in [0.2, 0.25) is 0 Å². The zero-order valence-electron chi connectivity index (χ0n) is 15.4. The SMILES string of the molecule is O=C(CNc1c(F)cc(F)cc1F)N[C@@H]1CCCN(c2ncnc3[nH]ccc23)C1. The smallest absolute Gasteiger partial charge is 0.239 e. The Bertz CT molecular complexity index is 1020. The molecular weight excluding hydrogens is 385 g/mol. The molecule has 152 valence electrons. The lowest BCUT2D eigenvalue weighted by Gasteiger charge is -2.34. The van der Waals surface area contributed by atoms with Gasteiger partial charge >= 0.3 is 0 Å². The van der Waals surface area contributed by atoms with E-state index >= 15 is 0 Å². The fourth-order valence-electron chi connectivity index (χ4n) is 3.56. The zero-order valence-corrected chi connectivity index (χ0v) is 15.4. The molecule has 4 rings (SSSR count). The number of nitrogens with zero attached hydrogens (tertiary/aromatic N) is 3. The molecule has 10 heteroatoms. The predicted molar refractivity (Wildman–Crippen MR) is 102 cm³/mol. The highest BCUT2D eigenvalue weighted by Crippen LogP contribution is 2.25. The lowest BCUT2D eigenvalue weighted by Crippen LogP contribution is -2.49. The van der Waals surface area contributed by atoms with Crippen LogP contribution in [-0.4, -0.2) is 46.5 Å². The molecular formula is C19H19F3N6O. The average molecular weight is 404 g/mol. The maximum absolute atomic E-state index is 13.7. The van der Waals surface area contributed by atoms with Gasteiger partial charge in [-0.05, 0) is 18.9 Å². The van der Waals surface area contributed by atoms with Crippen molar-refractivity contribution in [3.05, 3.63) is 48.2 Å². The van der Waals surface area contributed by atoms with Gasteiger partial charge in [-0.25, -0.2) is 23.1 Å². The number of hydrogen-bond donors (Lipinski definition) is 3. The zero-order chi connectivity index (χ0) is 20.4. The van der Waals surface area contributed by atoms with Gasteiger partial charge in [0, 0.05) is 37.5 Å². The summed E-state index contributed by atoms with van der Waals surface area (Å²) in [5.41, 5.74) is 0.219. The predicted octanol–water partition coefficient (Wildman–Crippen LogP) is 2.57. The summed E-state index contributed by atoms with van der Waals surface area (Å²) in [6, 6.07) is 2.89. The van der Waals surface area contributed by atoms with Crippen molar-refractivity contribution >= 4 is 28.4 Å². The second-order valence-corrected chi connectivity index (χ2v) is 6.89. The minimum absolute atomic E-state index is 0.134. The Labute approximate surface area is 164 Å². The number of nitrogens with one attached hydrogen (secondary N) is 3. The molecule has 1 atom stereocenters. The molecule has 1 saturated heterocycles. The van der Waals surface area contributed by atoms with E-state index in [4.69, 9.17) is 0 Å². The summed E-state index contributed by atoms with van der Waals surface area (Å²) in [4.78, 5) is 25.9. The van der Waals surface area contributed by atoms with Gasteiger partial charge in [-0.15, -0.1) is 0 Å². The molecule has 2 aromatic heterocycles. The van der Waals surface area contributed by atoms with Crippen molar-refractivity contribution in [2.24, 2.45) is 0 Å². The van der Waals surface area contributed by atoms with Crippen LogP contribution in [0.4, 0.5) is 24.7 Å². The Morgan fingerprint density at radius 1 is 1.24 bits per heavy atom. The van der Waals surface area contributed by atoms with Crippen LogP contribution in [0.25, 0.3) is 11.0 Å². The number of carbonyl (C=O) groups excluding carboxylic acids is 1. The Morgan fingerprint density at radius 3 is 2.83 bits per heavy atom. The van der Waals surface area contributed by atoms with Gasteiger partial charge in [-0.1, -0.05) is 0 Å². The number of aromatic amines is 1. The molecule has 0 bridgehead atoms. The van der Waals surface area contributed by atoms with Crippen LogP contribution in [0.5, 0.6) is 0 Å².